The van der Waals surface area contributed by atoms with Crippen molar-refractivity contribution in [2.75, 3.05) is 0 Å². The lowest BCUT2D eigenvalue weighted by Gasteiger charge is -2.13. The van der Waals surface area contributed by atoms with Crippen LogP contribution in [0.4, 0.5) is 4.79 Å². The summed E-state index contributed by atoms with van der Waals surface area (Å²) in [6.07, 6.45) is -0.960. The zero-order chi connectivity index (χ0) is 14.5. The van der Waals surface area contributed by atoms with Gasteiger partial charge in [0.05, 0.1) is 5.02 Å². The number of benzene rings is 2. The van der Waals surface area contributed by atoms with Gasteiger partial charge in [0.25, 0.3) is 0 Å². The zero-order valence-electron chi connectivity index (χ0n) is 10.1. The van der Waals surface area contributed by atoms with Crippen LogP contribution in [0.3, 0.4) is 0 Å². The second-order valence-corrected chi connectivity index (χ2v) is 4.95. The zero-order valence-corrected chi connectivity index (χ0v) is 12.3. The Bertz CT molecular complexity index is 616. The minimum atomic E-state index is -1.04. The van der Waals surface area contributed by atoms with Crippen LogP contribution >= 0.6 is 34.8 Å². The Morgan fingerprint density at radius 3 is 2.20 bits per heavy atom. The highest BCUT2D eigenvalue weighted by Crippen LogP contribution is 2.30. The molecule has 0 radical (unpaired) electrons. The Morgan fingerprint density at radius 1 is 0.950 bits per heavy atom. The summed E-state index contributed by atoms with van der Waals surface area (Å²) in [4.78, 5) is 11.6. The molecule has 0 aliphatic heterocycles. The summed E-state index contributed by atoms with van der Waals surface area (Å²) in [6.45, 7) is 0. The standard InChI is InChI=1S/C14H9Cl3O3/c15-10-6-2-1-5-9(10)13(17)20-14(18)19-12-8-4-3-7-11(12)16/h1-8,13H/t13-/m0/s1. The van der Waals surface area contributed by atoms with E-state index in [1.165, 1.54) is 0 Å². The fraction of sp³-hybridized carbons (Fsp3) is 0.0714. The van der Waals surface area contributed by atoms with Crippen molar-refractivity contribution in [2.45, 2.75) is 5.56 Å². The Kier molecular flexibility index (Phi) is 5.12. The fourth-order valence-corrected chi connectivity index (χ4v) is 2.18. The summed E-state index contributed by atoms with van der Waals surface area (Å²) in [5.74, 6) is 0.196. The third kappa shape index (κ3) is 3.79. The van der Waals surface area contributed by atoms with Crippen molar-refractivity contribution in [1.29, 1.82) is 0 Å². The number of rotatable bonds is 3. The normalized spacial score (nSPS) is 11.8. The third-order valence-electron chi connectivity index (χ3n) is 2.38. The molecule has 0 heterocycles. The molecule has 2 aromatic rings. The number of hydrogen-bond donors (Lipinski definition) is 0. The maximum absolute atomic E-state index is 11.6. The summed E-state index contributed by atoms with van der Waals surface area (Å²) in [6, 6.07) is 13.3. The number of alkyl halides is 1. The average molecular weight is 332 g/mol. The molecule has 2 aromatic carbocycles. The van der Waals surface area contributed by atoms with Gasteiger partial charge in [-0.1, -0.05) is 65.1 Å². The van der Waals surface area contributed by atoms with Crippen molar-refractivity contribution in [1.82, 2.24) is 0 Å². The van der Waals surface area contributed by atoms with Crippen molar-refractivity contribution < 1.29 is 14.3 Å². The molecule has 2 rings (SSSR count). The second-order valence-electron chi connectivity index (χ2n) is 3.74. The molecule has 0 unspecified atom stereocenters. The molecule has 0 aromatic heterocycles. The highest BCUT2D eigenvalue weighted by atomic mass is 35.5. The van der Waals surface area contributed by atoms with Crippen LogP contribution in [0.15, 0.2) is 48.5 Å². The van der Waals surface area contributed by atoms with Crippen LogP contribution in [0.25, 0.3) is 0 Å². The molecule has 0 aliphatic rings. The maximum Gasteiger partial charge on any atom is 0.515 e. The second kappa shape index (κ2) is 6.84. The lowest BCUT2D eigenvalue weighted by atomic mass is 10.2. The van der Waals surface area contributed by atoms with Crippen molar-refractivity contribution in [2.24, 2.45) is 0 Å². The fourth-order valence-electron chi connectivity index (χ4n) is 1.45. The SMILES string of the molecule is O=C(Oc1ccccc1Cl)O[C@H](Cl)c1ccccc1Cl. The first kappa shape index (κ1) is 15.0. The number of halogens is 3. The monoisotopic (exact) mass is 330 g/mol. The lowest BCUT2D eigenvalue weighted by Crippen LogP contribution is -2.12. The molecule has 20 heavy (non-hydrogen) atoms. The molecule has 0 bridgehead atoms. The van der Waals surface area contributed by atoms with Crippen LogP contribution < -0.4 is 4.74 Å². The first-order valence-corrected chi connectivity index (χ1v) is 6.78. The number of ether oxygens (including phenoxy) is 2. The summed E-state index contributed by atoms with van der Waals surface area (Å²) < 4.78 is 9.89. The van der Waals surface area contributed by atoms with E-state index in [1.54, 1.807) is 48.5 Å². The highest BCUT2D eigenvalue weighted by molar-refractivity contribution is 6.33. The highest BCUT2D eigenvalue weighted by Gasteiger charge is 2.18. The van der Waals surface area contributed by atoms with Gasteiger partial charge in [0.1, 0.15) is 0 Å². The largest absolute Gasteiger partial charge is 0.515 e. The van der Waals surface area contributed by atoms with Crippen molar-refractivity contribution in [3.05, 3.63) is 64.1 Å². The van der Waals surface area contributed by atoms with Crippen molar-refractivity contribution >= 4 is 41.0 Å². The van der Waals surface area contributed by atoms with Crippen molar-refractivity contribution in [3.8, 4) is 5.75 Å². The van der Waals surface area contributed by atoms with Gasteiger partial charge < -0.3 is 9.47 Å². The molecule has 6 heteroatoms. The van der Waals surface area contributed by atoms with Crippen LogP contribution in [0.5, 0.6) is 5.75 Å². The van der Waals surface area contributed by atoms with Gasteiger partial charge in [0.15, 0.2) is 5.75 Å². The number of carbonyl (C=O) groups excluding carboxylic acids is 1. The van der Waals surface area contributed by atoms with E-state index in [4.69, 9.17) is 44.3 Å². The first-order chi connectivity index (χ1) is 9.58. The summed E-state index contributed by atoms with van der Waals surface area (Å²) in [7, 11) is 0. The van der Waals surface area contributed by atoms with Gasteiger partial charge >= 0.3 is 6.16 Å². The van der Waals surface area contributed by atoms with Crippen LogP contribution in [0.1, 0.15) is 11.1 Å². The minimum Gasteiger partial charge on any atom is -0.410 e. The van der Waals surface area contributed by atoms with Gasteiger partial charge in [0.2, 0.25) is 5.56 Å². The quantitative estimate of drug-likeness (QED) is 0.426. The van der Waals surface area contributed by atoms with Gasteiger partial charge in [-0.05, 0) is 18.2 Å². The van der Waals surface area contributed by atoms with E-state index in [1.807, 2.05) is 0 Å². The van der Waals surface area contributed by atoms with Gasteiger partial charge in [-0.25, -0.2) is 4.79 Å². The molecule has 0 N–H and O–H groups in total. The Balaban J connectivity index is 2.02. The van der Waals surface area contributed by atoms with Gasteiger partial charge in [0, 0.05) is 10.6 Å². The Labute approximate surface area is 131 Å². The Morgan fingerprint density at radius 2 is 1.55 bits per heavy atom. The first-order valence-electron chi connectivity index (χ1n) is 5.59. The van der Waals surface area contributed by atoms with Crippen LogP contribution in [-0.2, 0) is 4.74 Å². The molecule has 0 fully saturated rings. The molecule has 1 atom stereocenters. The molecule has 3 nitrogen and oxygen atoms in total. The van der Waals surface area contributed by atoms with Gasteiger partial charge in [-0.2, -0.15) is 0 Å². The summed E-state index contributed by atoms with van der Waals surface area (Å²) in [5, 5.41) is 0.700. The molecular weight excluding hydrogens is 323 g/mol. The molecule has 0 saturated heterocycles. The molecular formula is C14H9Cl3O3. The average Bonchev–Trinajstić information content (AvgIpc) is 2.41. The van der Waals surface area contributed by atoms with E-state index in [9.17, 15) is 4.79 Å². The molecule has 0 amide bonds. The summed E-state index contributed by atoms with van der Waals surface area (Å²) in [5.41, 5.74) is -0.564. The predicted octanol–water partition coefficient (Wildman–Crippen LogP) is 5.45. The molecule has 0 spiro atoms. The number of para-hydroxylation sites is 1. The maximum atomic E-state index is 11.6. The van der Waals surface area contributed by atoms with E-state index in [0.717, 1.165) is 0 Å². The summed E-state index contributed by atoms with van der Waals surface area (Å²) >= 11 is 17.8. The number of carbonyl (C=O) groups is 1. The smallest absolute Gasteiger partial charge is 0.410 e. The van der Waals surface area contributed by atoms with E-state index in [2.05, 4.69) is 0 Å². The van der Waals surface area contributed by atoms with E-state index >= 15 is 0 Å². The predicted molar refractivity (Wildman–Crippen MR) is 78.6 cm³/mol. The van der Waals surface area contributed by atoms with Crippen molar-refractivity contribution in [3.63, 3.8) is 0 Å². The molecule has 0 saturated carbocycles. The van der Waals surface area contributed by atoms with Crippen LogP contribution in [0.2, 0.25) is 10.0 Å². The van der Waals surface area contributed by atoms with E-state index < -0.39 is 11.7 Å². The lowest BCUT2D eigenvalue weighted by molar-refractivity contribution is 0.0872. The third-order valence-corrected chi connectivity index (χ3v) is 3.36. The molecule has 104 valence electrons. The van der Waals surface area contributed by atoms with Crippen LogP contribution in [-0.4, -0.2) is 6.16 Å². The number of hydrogen-bond acceptors (Lipinski definition) is 3. The molecule has 0 aliphatic carbocycles. The van der Waals surface area contributed by atoms with Crippen LogP contribution in [0, 0.1) is 0 Å². The van der Waals surface area contributed by atoms with Gasteiger partial charge in [-0.15, -0.1) is 0 Å². The minimum absolute atomic E-state index is 0.196. The van der Waals surface area contributed by atoms with E-state index in [0.29, 0.717) is 15.6 Å². The van der Waals surface area contributed by atoms with E-state index in [-0.39, 0.29) is 5.75 Å². The topological polar surface area (TPSA) is 35.5 Å². The Hall–Kier alpha value is -1.42. The van der Waals surface area contributed by atoms with Gasteiger partial charge in [-0.3, -0.25) is 0 Å².